The van der Waals surface area contributed by atoms with Crippen LogP contribution in [0.2, 0.25) is 5.02 Å². The molecule has 0 saturated heterocycles. The Kier molecular flexibility index (Phi) is 6.43. The molecule has 0 aliphatic rings. The highest BCUT2D eigenvalue weighted by Gasteiger charge is 2.09. The van der Waals surface area contributed by atoms with E-state index in [0.29, 0.717) is 6.04 Å². The molecule has 2 nitrogen and oxygen atoms in total. The molecule has 0 saturated carbocycles. The smallest absolute Gasteiger partial charge is 0.0621 e. The third-order valence-electron chi connectivity index (χ3n) is 2.64. The molecule has 3 heteroatoms. The standard InChI is InChI=1S/C13H21ClN2/c1-3-5-12(16-7-4-2)9-11-6-8-15-10-13(11)14/h6,8,10,12,16H,3-5,7,9H2,1-2H3. The minimum atomic E-state index is 0.532. The van der Waals surface area contributed by atoms with E-state index in [1.54, 1.807) is 6.20 Å². The molecule has 0 fully saturated rings. The minimum absolute atomic E-state index is 0.532. The van der Waals surface area contributed by atoms with Gasteiger partial charge in [0.2, 0.25) is 0 Å². The van der Waals surface area contributed by atoms with E-state index in [1.165, 1.54) is 24.8 Å². The summed E-state index contributed by atoms with van der Waals surface area (Å²) in [5.41, 5.74) is 1.19. The molecule has 0 spiro atoms. The van der Waals surface area contributed by atoms with Gasteiger partial charge in [-0.25, -0.2) is 0 Å². The summed E-state index contributed by atoms with van der Waals surface area (Å²) in [4.78, 5) is 4.01. The van der Waals surface area contributed by atoms with Crippen molar-refractivity contribution < 1.29 is 0 Å². The van der Waals surface area contributed by atoms with Crippen LogP contribution in [-0.2, 0) is 6.42 Å². The molecule has 1 aromatic rings. The fourth-order valence-electron chi connectivity index (χ4n) is 1.81. The number of pyridine rings is 1. The first kappa shape index (κ1) is 13.5. The number of aromatic nitrogens is 1. The predicted octanol–water partition coefficient (Wildman–Crippen LogP) is 3.45. The quantitative estimate of drug-likeness (QED) is 0.790. The summed E-state index contributed by atoms with van der Waals surface area (Å²) in [6, 6.07) is 2.54. The molecule has 1 heterocycles. The molecular weight excluding hydrogens is 220 g/mol. The van der Waals surface area contributed by atoms with Crippen LogP contribution in [-0.4, -0.2) is 17.6 Å². The molecule has 0 radical (unpaired) electrons. The number of hydrogen-bond acceptors (Lipinski definition) is 2. The third-order valence-corrected chi connectivity index (χ3v) is 2.98. The van der Waals surface area contributed by atoms with Gasteiger partial charge < -0.3 is 5.32 Å². The van der Waals surface area contributed by atoms with Crippen molar-refractivity contribution in [2.45, 2.75) is 45.6 Å². The number of rotatable bonds is 7. The fraction of sp³-hybridized carbons (Fsp3) is 0.615. The van der Waals surface area contributed by atoms with Crippen molar-refractivity contribution in [3.05, 3.63) is 29.0 Å². The zero-order valence-electron chi connectivity index (χ0n) is 10.2. The summed E-state index contributed by atoms with van der Waals surface area (Å²) in [7, 11) is 0. The van der Waals surface area contributed by atoms with Crippen LogP contribution in [0.5, 0.6) is 0 Å². The Morgan fingerprint density at radius 3 is 2.81 bits per heavy atom. The van der Waals surface area contributed by atoms with E-state index in [1.807, 2.05) is 12.3 Å². The Labute approximate surface area is 103 Å². The van der Waals surface area contributed by atoms with Crippen molar-refractivity contribution in [1.29, 1.82) is 0 Å². The molecule has 16 heavy (non-hydrogen) atoms. The van der Waals surface area contributed by atoms with Gasteiger partial charge in [0.25, 0.3) is 0 Å². The van der Waals surface area contributed by atoms with Gasteiger partial charge >= 0.3 is 0 Å². The fourth-order valence-corrected chi connectivity index (χ4v) is 2.00. The van der Waals surface area contributed by atoms with Crippen LogP contribution >= 0.6 is 11.6 Å². The van der Waals surface area contributed by atoms with E-state index < -0.39 is 0 Å². The zero-order valence-corrected chi connectivity index (χ0v) is 10.9. The maximum absolute atomic E-state index is 6.11. The maximum Gasteiger partial charge on any atom is 0.0621 e. The van der Waals surface area contributed by atoms with Crippen molar-refractivity contribution >= 4 is 11.6 Å². The third kappa shape index (κ3) is 4.50. The second kappa shape index (κ2) is 7.64. The summed E-state index contributed by atoms with van der Waals surface area (Å²) in [6.07, 6.45) is 8.09. The number of halogens is 1. The summed E-state index contributed by atoms with van der Waals surface area (Å²) in [5.74, 6) is 0. The Morgan fingerprint density at radius 1 is 1.38 bits per heavy atom. The van der Waals surface area contributed by atoms with Crippen molar-refractivity contribution in [2.24, 2.45) is 0 Å². The lowest BCUT2D eigenvalue weighted by atomic mass is 10.0. The maximum atomic E-state index is 6.11. The van der Waals surface area contributed by atoms with Crippen LogP contribution in [0.15, 0.2) is 18.5 Å². The number of nitrogens with one attached hydrogen (secondary N) is 1. The average molecular weight is 241 g/mol. The SMILES string of the molecule is CCCNC(CCC)Cc1ccncc1Cl. The van der Waals surface area contributed by atoms with E-state index >= 15 is 0 Å². The molecule has 90 valence electrons. The number of nitrogens with zero attached hydrogens (tertiary/aromatic N) is 1. The predicted molar refractivity (Wildman–Crippen MR) is 69.9 cm³/mol. The van der Waals surface area contributed by atoms with Crippen LogP contribution in [0.3, 0.4) is 0 Å². The number of hydrogen-bond donors (Lipinski definition) is 1. The summed E-state index contributed by atoms with van der Waals surface area (Å²) in [6.45, 7) is 5.48. The van der Waals surface area contributed by atoms with E-state index in [0.717, 1.165) is 18.0 Å². The molecule has 1 unspecified atom stereocenters. The van der Waals surface area contributed by atoms with Gasteiger partial charge in [-0.05, 0) is 37.4 Å². The Balaban J connectivity index is 2.56. The Hall–Kier alpha value is -0.600. The van der Waals surface area contributed by atoms with Crippen molar-refractivity contribution in [3.8, 4) is 0 Å². The summed E-state index contributed by atoms with van der Waals surface area (Å²) in [5, 5.41) is 4.35. The molecule has 1 rings (SSSR count). The summed E-state index contributed by atoms with van der Waals surface area (Å²) < 4.78 is 0. The highest BCUT2D eigenvalue weighted by Crippen LogP contribution is 2.16. The Morgan fingerprint density at radius 2 is 2.19 bits per heavy atom. The van der Waals surface area contributed by atoms with E-state index in [4.69, 9.17) is 11.6 Å². The molecule has 1 atom stereocenters. The van der Waals surface area contributed by atoms with Crippen molar-refractivity contribution in [3.63, 3.8) is 0 Å². The topological polar surface area (TPSA) is 24.9 Å². The first-order valence-electron chi connectivity index (χ1n) is 6.09. The van der Waals surface area contributed by atoms with Gasteiger partial charge in [-0.1, -0.05) is 31.9 Å². The molecule has 0 bridgehead atoms. The second-order valence-corrected chi connectivity index (χ2v) is 4.52. The molecule has 0 aromatic carbocycles. The zero-order chi connectivity index (χ0) is 11.8. The molecule has 1 aromatic heterocycles. The van der Waals surface area contributed by atoms with Gasteiger partial charge in [-0.3, -0.25) is 4.98 Å². The second-order valence-electron chi connectivity index (χ2n) is 4.11. The highest BCUT2D eigenvalue weighted by atomic mass is 35.5. The molecule has 0 aliphatic heterocycles. The van der Waals surface area contributed by atoms with Gasteiger partial charge in [0.05, 0.1) is 5.02 Å². The van der Waals surface area contributed by atoms with Crippen LogP contribution < -0.4 is 5.32 Å². The first-order chi connectivity index (χ1) is 7.77. The van der Waals surface area contributed by atoms with Crippen LogP contribution in [0, 0.1) is 0 Å². The Bertz CT molecular complexity index is 302. The van der Waals surface area contributed by atoms with Crippen LogP contribution in [0.4, 0.5) is 0 Å². The van der Waals surface area contributed by atoms with Crippen LogP contribution in [0.25, 0.3) is 0 Å². The molecule has 1 N–H and O–H groups in total. The van der Waals surface area contributed by atoms with Crippen molar-refractivity contribution in [1.82, 2.24) is 10.3 Å². The lowest BCUT2D eigenvalue weighted by Crippen LogP contribution is -2.31. The minimum Gasteiger partial charge on any atom is -0.314 e. The molecule has 0 amide bonds. The van der Waals surface area contributed by atoms with Gasteiger partial charge in [0.15, 0.2) is 0 Å². The van der Waals surface area contributed by atoms with Gasteiger partial charge in [-0.15, -0.1) is 0 Å². The molecule has 0 aliphatic carbocycles. The largest absolute Gasteiger partial charge is 0.314 e. The first-order valence-corrected chi connectivity index (χ1v) is 6.47. The van der Waals surface area contributed by atoms with E-state index in [9.17, 15) is 0 Å². The summed E-state index contributed by atoms with van der Waals surface area (Å²) >= 11 is 6.11. The highest BCUT2D eigenvalue weighted by molar-refractivity contribution is 6.31. The van der Waals surface area contributed by atoms with E-state index in [-0.39, 0.29) is 0 Å². The van der Waals surface area contributed by atoms with Crippen molar-refractivity contribution in [2.75, 3.05) is 6.54 Å². The lowest BCUT2D eigenvalue weighted by Gasteiger charge is -2.18. The van der Waals surface area contributed by atoms with Crippen LogP contribution in [0.1, 0.15) is 38.7 Å². The lowest BCUT2D eigenvalue weighted by molar-refractivity contribution is 0.473. The van der Waals surface area contributed by atoms with E-state index in [2.05, 4.69) is 24.1 Å². The molecular formula is C13H21ClN2. The normalized spacial score (nSPS) is 12.7. The monoisotopic (exact) mass is 240 g/mol. The van der Waals surface area contributed by atoms with Gasteiger partial charge in [0.1, 0.15) is 0 Å². The van der Waals surface area contributed by atoms with Gasteiger partial charge in [0, 0.05) is 18.4 Å². The average Bonchev–Trinajstić information content (AvgIpc) is 2.29. The van der Waals surface area contributed by atoms with Gasteiger partial charge in [-0.2, -0.15) is 0 Å².